The number of ketones is 1. The van der Waals surface area contributed by atoms with E-state index < -0.39 is 17.7 Å². The van der Waals surface area contributed by atoms with Crippen LogP contribution in [0.1, 0.15) is 33.9 Å². The number of para-hydroxylation sites is 1. The first-order valence-corrected chi connectivity index (χ1v) is 11.5. The summed E-state index contributed by atoms with van der Waals surface area (Å²) in [6, 6.07) is 19.9. The Labute approximate surface area is 206 Å². The van der Waals surface area contributed by atoms with E-state index >= 15 is 0 Å². The number of hydrogen-bond acceptors (Lipinski definition) is 5. The first-order chi connectivity index (χ1) is 16.7. The van der Waals surface area contributed by atoms with Gasteiger partial charge in [0.2, 0.25) is 0 Å². The molecule has 1 N–H and O–H groups in total. The molecule has 1 aliphatic rings. The smallest absolute Gasteiger partial charge is 0.295 e. The molecule has 0 aliphatic carbocycles. The van der Waals surface area contributed by atoms with Crippen molar-refractivity contribution < 1.29 is 19.4 Å². The van der Waals surface area contributed by atoms with Gasteiger partial charge in [-0.25, -0.2) is 0 Å². The lowest BCUT2D eigenvalue weighted by atomic mass is 9.94. The van der Waals surface area contributed by atoms with Gasteiger partial charge in [0.05, 0.1) is 25.3 Å². The predicted octanol–water partition coefficient (Wildman–Crippen LogP) is 5.00. The van der Waals surface area contributed by atoms with Crippen molar-refractivity contribution in [2.75, 3.05) is 26.1 Å². The normalized spacial score (nSPS) is 17.1. The van der Waals surface area contributed by atoms with Crippen molar-refractivity contribution in [2.45, 2.75) is 26.4 Å². The molecule has 0 aromatic heterocycles. The monoisotopic (exact) mass is 470 g/mol. The lowest BCUT2D eigenvalue weighted by Crippen LogP contribution is -2.29. The molecule has 180 valence electrons. The molecule has 0 spiro atoms. The van der Waals surface area contributed by atoms with Crippen LogP contribution in [0.15, 0.2) is 72.3 Å². The van der Waals surface area contributed by atoms with Crippen molar-refractivity contribution in [1.82, 2.24) is 4.90 Å². The molecule has 1 aliphatic heterocycles. The number of ether oxygens (including phenoxy) is 1. The van der Waals surface area contributed by atoms with Crippen LogP contribution in [0.25, 0.3) is 5.76 Å². The van der Waals surface area contributed by atoms with Gasteiger partial charge in [-0.05, 0) is 54.8 Å². The summed E-state index contributed by atoms with van der Waals surface area (Å²) in [5.41, 5.74) is 5.18. The molecule has 1 heterocycles. The summed E-state index contributed by atoms with van der Waals surface area (Å²) in [6.07, 6.45) is 0. The van der Waals surface area contributed by atoms with Crippen LogP contribution < -0.4 is 9.64 Å². The van der Waals surface area contributed by atoms with Gasteiger partial charge in [-0.3, -0.25) is 9.59 Å². The maximum atomic E-state index is 13.3. The van der Waals surface area contributed by atoms with Crippen molar-refractivity contribution in [2.24, 2.45) is 0 Å². The third-order valence-electron chi connectivity index (χ3n) is 6.58. The molecular weight excluding hydrogens is 440 g/mol. The fourth-order valence-electron chi connectivity index (χ4n) is 4.41. The number of aliphatic hydroxyl groups excluding tert-OH is 1. The van der Waals surface area contributed by atoms with Gasteiger partial charge in [0.25, 0.3) is 11.7 Å². The van der Waals surface area contributed by atoms with E-state index in [9.17, 15) is 14.7 Å². The van der Waals surface area contributed by atoms with E-state index in [2.05, 4.69) is 0 Å². The Morgan fingerprint density at radius 1 is 0.971 bits per heavy atom. The molecule has 6 nitrogen and oxygen atoms in total. The van der Waals surface area contributed by atoms with Crippen molar-refractivity contribution >= 4 is 23.1 Å². The van der Waals surface area contributed by atoms with Crippen molar-refractivity contribution in [1.29, 1.82) is 0 Å². The maximum absolute atomic E-state index is 13.3. The molecule has 0 saturated carbocycles. The van der Waals surface area contributed by atoms with E-state index in [0.29, 0.717) is 11.3 Å². The standard InChI is InChI=1S/C29H30N2O4/c1-18-10-11-21(16-19(18)2)27(32)25-26(20-12-14-23(15-13-20)30(3)4)31(29(34)28(25)33)17-22-8-6-7-9-24(22)35-5/h6-16,26,32H,17H2,1-5H3/b27-25-. The molecule has 0 radical (unpaired) electrons. The number of carbonyl (C=O) groups is 2. The van der Waals surface area contributed by atoms with Crippen LogP contribution in [-0.2, 0) is 16.1 Å². The number of carbonyl (C=O) groups excluding carboxylic acids is 2. The Balaban J connectivity index is 1.88. The molecule has 0 bridgehead atoms. The van der Waals surface area contributed by atoms with E-state index in [-0.39, 0.29) is 17.9 Å². The van der Waals surface area contributed by atoms with Crippen LogP contribution in [0.3, 0.4) is 0 Å². The van der Waals surface area contributed by atoms with Crippen LogP contribution >= 0.6 is 0 Å². The summed E-state index contributed by atoms with van der Waals surface area (Å²) >= 11 is 0. The lowest BCUT2D eigenvalue weighted by Gasteiger charge is -2.26. The SMILES string of the molecule is COc1ccccc1CN1C(=O)C(=O)/C(=C(\O)c2ccc(C)c(C)c2)C1c1ccc(N(C)C)cc1. The fraction of sp³-hybridized carbons (Fsp3) is 0.241. The summed E-state index contributed by atoms with van der Waals surface area (Å²) in [5.74, 6) is -0.888. The Kier molecular flexibility index (Phi) is 6.65. The number of benzene rings is 3. The zero-order valence-electron chi connectivity index (χ0n) is 20.7. The summed E-state index contributed by atoms with van der Waals surface area (Å²) in [6.45, 7) is 4.10. The summed E-state index contributed by atoms with van der Waals surface area (Å²) in [7, 11) is 5.47. The minimum Gasteiger partial charge on any atom is -0.507 e. The lowest BCUT2D eigenvalue weighted by molar-refractivity contribution is -0.140. The molecule has 1 amide bonds. The molecule has 4 rings (SSSR count). The van der Waals surface area contributed by atoms with Gasteiger partial charge >= 0.3 is 0 Å². The van der Waals surface area contributed by atoms with E-state index in [1.54, 1.807) is 13.2 Å². The highest BCUT2D eigenvalue weighted by Gasteiger charge is 2.46. The Morgan fingerprint density at radius 2 is 1.66 bits per heavy atom. The molecule has 3 aromatic rings. The topological polar surface area (TPSA) is 70.1 Å². The average molecular weight is 471 g/mol. The number of methoxy groups -OCH3 is 1. The molecule has 6 heteroatoms. The first-order valence-electron chi connectivity index (χ1n) is 11.5. The fourth-order valence-corrected chi connectivity index (χ4v) is 4.41. The third kappa shape index (κ3) is 4.52. The zero-order chi connectivity index (χ0) is 25.3. The highest BCUT2D eigenvalue weighted by molar-refractivity contribution is 6.46. The molecule has 1 unspecified atom stereocenters. The van der Waals surface area contributed by atoms with E-state index in [1.807, 2.05) is 93.5 Å². The van der Waals surface area contributed by atoms with E-state index in [1.165, 1.54) is 4.90 Å². The van der Waals surface area contributed by atoms with Crippen LogP contribution in [0.2, 0.25) is 0 Å². The largest absolute Gasteiger partial charge is 0.507 e. The summed E-state index contributed by atoms with van der Waals surface area (Å²) in [4.78, 5) is 30.1. The number of likely N-dealkylation sites (tertiary alicyclic amines) is 1. The number of anilines is 1. The quantitative estimate of drug-likeness (QED) is 0.312. The summed E-state index contributed by atoms with van der Waals surface area (Å²) < 4.78 is 5.48. The number of hydrogen-bond donors (Lipinski definition) is 1. The van der Waals surface area contributed by atoms with Crippen LogP contribution in [0.5, 0.6) is 5.75 Å². The Hall–Kier alpha value is -4.06. The Bertz CT molecular complexity index is 1310. The number of aryl methyl sites for hydroxylation is 2. The third-order valence-corrected chi connectivity index (χ3v) is 6.58. The number of nitrogens with zero attached hydrogens (tertiary/aromatic N) is 2. The number of amides is 1. The van der Waals surface area contributed by atoms with Crippen molar-refractivity contribution in [3.63, 3.8) is 0 Å². The Morgan fingerprint density at radius 3 is 2.29 bits per heavy atom. The van der Waals surface area contributed by atoms with Gasteiger partial charge in [0.1, 0.15) is 11.5 Å². The molecular formula is C29H30N2O4. The molecule has 35 heavy (non-hydrogen) atoms. The molecule has 1 saturated heterocycles. The molecule has 3 aromatic carbocycles. The number of aliphatic hydroxyl groups is 1. The first kappa shape index (κ1) is 24.1. The average Bonchev–Trinajstić information content (AvgIpc) is 3.10. The van der Waals surface area contributed by atoms with Crippen LogP contribution in [0.4, 0.5) is 5.69 Å². The molecule has 1 fully saturated rings. The van der Waals surface area contributed by atoms with Gasteiger partial charge in [-0.15, -0.1) is 0 Å². The predicted molar refractivity (Wildman–Crippen MR) is 138 cm³/mol. The minimum absolute atomic E-state index is 0.0887. The van der Waals surface area contributed by atoms with Gasteiger partial charge in [-0.1, -0.05) is 42.5 Å². The number of Topliss-reactive ketones (excluding diaryl/α,β-unsaturated/α-hetero) is 1. The highest BCUT2D eigenvalue weighted by atomic mass is 16.5. The van der Waals surface area contributed by atoms with Gasteiger partial charge in [0.15, 0.2) is 0 Å². The maximum Gasteiger partial charge on any atom is 0.295 e. The second kappa shape index (κ2) is 9.66. The molecule has 1 atom stereocenters. The van der Waals surface area contributed by atoms with Gasteiger partial charge in [0, 0.05) is 30.9 Å². The number of rotatable bonds is 6. The van der Waals surface area contributed by atoms with Gasteiger partial charge < -0.3 is 19.6 Å². The van der Waals surface area contributed by atoms with E-state index in [4.69, 9.17) is 4.74 Å². The summed E-state index contributed by atoms with van der Waals surface area (Å²) in [5, 5.41) is 11.3. The van der Waals surface area contributed by atoms with Gasteiger partial charge in [-0.2, -0.15) is 0 Å². The minimum atomic E-state index is -0.738. The second-order valence-corrected chi connectivity index (χ2v) is 9.02. The van der Waals surface area contributed by atoms with Crippen LogP contribution in [0, 0.1) is 13.8 Å². The van der Waals surface area contributed by atoms with E-state index in [0.717, 1.165) is 27.9 Å². The highest BCUT2D eigenvalue weighted by Crippen LogP contribution is 2.41. The zero-order valence-corrected chi connectivity index (χ0v) is 20.7. The van der Waals surface area contributed by atoms with Crippen molar-refractivity contribution in [3.05, 3.63) is 100 Å². The second-order valence-electron chi connectivity index (χ2n) is 9.02. The van der Waals surface area contributed by atoms with Crippen LogP contribution in [-0.4, -0.2) is 42.9 Å². The van der Waals surface area contributed by atoms with Crippen molar-refractivity contribution in [3.8, 4) is 5.75 Å².